The third-order valence-corrected chi connectivity index (χ3v) is 2.24. The molecule has 0 saturated carbocycles. The third-order valence-electron chi connectivity index (χ3n) is 2.24. The largest absolute Gasteiger partial charge is 0.416 e. The number of nitrogens with one attached hydrogen (secondary N) is 2. The monoisotopic (exact) mass is 301 g/mol. The minimum absolute atomic E-state index is 0.192. The summed E-state index contributed by atoms with van der Waals surface area (Å²) in [5.41, 5.74) is 1.55. The van der Waals surface area contributed by atoms with Crippen molar-refractivity contribution in [1.82, 2.24) is 10.7 Å². The fourth-order valence-electron chi connectivity index (χ4n) is 1.30. The van der Waals surface area contributed by atoms with Gasteiger partial charge in [0.1, 0.15) is 0 Å². The Labute approximate surface area is 119 Å². The van der Waals surface area contributed by atoms with Crippen molar-refractivity contribution >= 4 is 18.0 Å². The van der Waals surface area contributed by atoms with Crippen molar-refractivity contribution in [2.24, 2.45) is 5.10 Å². The molecule has 0 aliphatic carbocycles. The molecule has 0 fully saturated rings. The maximum absolute atomic E-state index is 12.3. The average Bonchev–Trinajstić information content (AvgIpc) is 2.37. The molecule has 21 heavy (non-hydrogen) atoms. The SMILES string of the molecule is CC(C)NC(=O)C(=O)N/N=C\c1ccc(C(F)(F)F)cc1. The van der Waals surface area contributed by atoms with Crippen molar-refractivity contribution < 1.29 is 22.8 Å². The van der Waals surface area contributed by atoms with Crippen LogP contribution in [0, 0.1) is 0 Å². The number of hydrogen-bond donors (Lipinski definition) is 2. The van der Waals surface area contributed by atoms with E-state index in [0.717, 1.165) is 18.3 Å². The molecule has 5 nitrogen and oxygen atoms in total. The van der Waals surface area contributed by atoms with Crippen LogP contribution >= 0.6 is 0 Å². The predicted molar refractivity (Wildman–Crippen MR) is 70.5 cm³/mol. The van der Waals surface area contributed by atoms with E-state index in [9.17, 15) is 22.8 Å². The number of hydrazone groups is 1. The highest BCUT2D eigenvalue weighted by atomic mass is 19.4. The summed E-state index contributed by atoms with van der Waals surface area (Å²) in [6, 6.07) is 4.00. The zero-order valence-electron chi connectivity index (χ0n) is 11.4. The lowest BCUT2D eigenvalue weighted by Crippen LogP contribution is -2.41. The number of carbonyl (C=O) groups is 2. The van der Waals surface area contributed by atoms with Crippen LogP contribution in [-0.4, -0.2) is 24.1 Å². The Morgan fingerprint density at radius 1 is 1.14 bits per heavy atom. The molecule has 0 atom stereocenters. The maximum Gasteiger partial charge on any atom is 0.416 e. The summed E-state index contributed by atoms with van der Waals surface area (Å²) in [7, 11) is 0. The molecule has 0 aliphatic heterocycles. The number of amides is 2. The third kappa shape index (κ3) is 5.64. The topological polar surface area (TPSA) is 70.6 Å². The van der Waals surface area contributed by atoms with E-state index in [1.54, 1.807) is 13.8 Å². The van der Waals surface area contributed by atoms with Crippen molar-refractivity contribution in [3.05, 3.63) is 35.4 Å². The zero-order valence-corrected chi connectivity index (χ0v) is 11.4. The van der Waals surface area contributed by atoms with Gasteiger partial charge in [-0.25, -0.2) is 5.43 Å². The van der Waals surface area contributed by atoms with Crippen LogP contribution in [0.4, 0.5) is 13.2 Å². The smallest absolute Gasteiger partial charge is 0.346 e. The number of carbonyl (C=O) groups excluding carboxylic acids is 2. The van der Waals surface area contributed by atoms with Crippen LogP contribution < -0.4 is 10.7 Å². The van der Waals surface area contributed by atoms with Gasteiger partial charge in [0.05, 0.1) is 11.8 Å². The van der Waals surface area contributed by atoms with Crippen LogP contribution in [0.5, 0.6) is 0 Å². The minimum Gasteiger partial charge on any atom is -0.346 e. The van der Waals surface area contributed by atoms with Gasteiger partial charge in [-0.2, -0.15) is 18.3 Å². The molecule has 0 radical (unpaired) electrons. The van der Waals surface area contributed by atoms with Crippen molar-refractivity contribution in [3.63, 3.8) is 0 Å². The summed E-state index contributed by atoms with van der Waals surface area (Å²) < 4.78 is 37.0. The fourth-order valence-corrected chi connectivity index (χ4v) is 1.30. The van der Waals surface area contributed by atoms with Gasteiger partial charge >= 0.3 is 18.0 Å². The first kappa shape index (κ1) is 16.7. The molecule has 0 unspecified atom stereocenters. The van der Waals surface area contributed by atoms with Crippen LogP contribution in [-0.2, 0) is 15.8 Å². The number of rotatable bonds is 3. The van der Waals surface area contributed by atoms with Crippen molar-refractivity contribution in [3.8, 4) is 0 Å². The summed E-state index contributed by atoms with van der Waals surface area (Å²) in [5.74, 6) is -1.79. The van der Waals surface area contributed by atoms with E-state index in [4.69, 9.17) is 0 Å². The van der Waals surface area contributed by atoms with Gasteiger partial charge in [-0.3, -0.25) is 9.59 Å². The summed E-state index contributed by atoms with van der Waals surface area (Å²) in [6.45, 7) is 3.38. The van der Waals surface area contributed by atoms with Gasteiger partial charge in [-0.1, -0.05) is 12.1 Å². The van der Waals surface area contributed by atoms with E-state index < -0.39 is 23.6 Å². The predicted octanol–water partition coefficient (Wildman–Crippen LogP) is 1.68. The molecule has 1 rings (SSSR count). The standard InChI is InChI=1S/C13H14F3N3O2/c1-8(2)18-11(20)12(21)19-17-7-9-3-5-10(6-4-9)13(14,15)16/h3-8H,1-2H3,(H,18,20)(H,19,21)/b17-7-. The Hall–Kier alpha value is -2.38. The second-order valence-corrected chi connectivity index (χ2v) is 4.45. The lowest BCUT2D eigenvalue weighted by Gasteiger charge is -2.06. The molecule has 2 N–H and O–H groups in total. The molecule has 1 aromatic rings. The molecule has 0 aliphatic rings. The van der Waals surface area contributed by atoms with Gasteiger partial charge in [0.2, 0.25) is 0 Å². The Kier molecular flexibility index (Phi) is 5.45. The number of nitrogens with zero attached hydrogens (tertiary/aromatic N) is 1. The van der Waals surface area contributed by atoms with Crippen LogP contribution in [0.1, 0.15) is 25.0 Å². The van der Waals surface area contributed by atoms with E-state index >= 15 is 0 Å². The summed E-state index contributed by atoms with van der Waals surface area (Å²) in [6.07, 6.45) is -3.26. The van der Waals surface area contributed by atoms with Gasteiger partial charge in [0.25, 0.3) is 0 Å². The first-order valence-electron chi connectivity index (χ1n) is 6.01. The minimum atomic E-state index is -4.40. The summed E-state index contributed by atoms with van der Waals surface area (Å²) in [5, 5.41) is 5.86. The van der Waals surface area contributed by atoms with Gasteiger partial charge in [0.15, 0.2) is 0 Å². The fraction of sp³-hybridized carbons (Fsp3) is 0.308. The molecular formula is C13H14F3N3O2. The molecule has 0 spiro atoms. The first-order valence-corrected chi connectivity index (χ1v) is 6.01. The summed E-state index contributed by atoms with van der Waals surface area (Å²) >= 11 is 0. The highest BCUT2D eigenvalue weighted by Gasteiger charge is 2.29. The number of benzene rings is 1. The lowest BCUT2D eigenvalue weighted by molar-refractivity contribution is -0.139. The number of hydrogen-bond acceptors (Lipinski definition) is 3. The van der Waals surface area contributed by atoms with Crippen molar-refractivity contribution in [2.45, 2.75) is 26.1 Å². The maximum atomic E-state index is 12.3. The highest BCUT2D eigenvalue weighted by molar-refractivity contribution is 6.35. The van der Waals surface area contributed by atoms with Gasteiger partial charge in [0, 0.05) is 6.04 Å². The molecule has 8 heteroatoms. The van der Waals surface area contributed by atoms with Crippen LogP contribution in [0.15, 0.2) is 29.4 Å². The Bertz CT molecular complexity index is 537. The van der Waals surface area contributed by atoms with E-state index in [1.165, 1.54) is 12.1 Å². The Morgan fingerprint density at radius 2 is 1.71 bits per heavy atom. The second-order valence-electron chi connectivity index (χ2n) is 4.45. The van der Waals surface area contributed by atoms with E-state index in [1.807, 2.05) is 5.43 Å². The van der Waals surface area contributed by atoms with E-state index in [0.29, 0.717) is 5.56 Å². The van der Waals surface area contributed by atoms with Gasteiger partial charge in [-0.05, 0) is 31.5 Å². The quantitative estimate of drug-likeness (QED) is 0.506. The molecule has 0 saturated heterocycles. The van der Waals surface area contributed by atoms with Crippen LogP contribution in [0.25, 0.3) is 0 Å². The van der Waals surface area contributed by atoms with Crippen molar-refractivity contribution in [2.75, 3.05) is 0 Å². The normalized spacial score (nSPS) is 11.7. The van der Waals surface area contributed by atoms with Gasteiger partial charge < -0.3 is 5.32 Å². The molecular weight excluding hydrogens is 287 g/mol. The first-order chi connectivity index (χ1) is 9.70. The van der Waals surface area contributed by atoms with E-state index in [2.05, 4.69) is 10.4 Å². The van der Waals surface area contributed by atoms with Crippen LogP contribution in [0.3, 0.4) is 0 Å². The Morgan fingerprint density at radius 3 is 2.19 bits per heavy atom. The van der Waals surface area contributed by atoms with Gasteiger partial charge in [-0.15, -0.1) is 0 Å². The molecule has 0 aromatic heterocycles. The molecule has 0 heterocycles. The molecule has 1 aromatic carbocycles. The number of halogens is 3. The summed E-state index contributed by atoms with van der Waals surface area (Å²) in [4.78, 5) is 22.5. The molecule has 114 valence electrons. The Balaban J connectivity index is 2.58. The molecule has 0 bridgehead atoms. The average molecular weight is 301 g/mol. The van der Waals surface area contributed by atoms with Crippen molar-refractivity contribution in [1.29, 1.82) is 0 Å². The van der Waals surface area contributed by atoms with Crippen LogP contribution in [0.2, 0.25) is 0 Å². The zero-order chi connectivity index (χ0) is 16.0. The van der Waals surface area contributed by atoms with E-state index in [-0.39, 0.29) is 6.04 Å². The second kappa shape index (κ2) is 6.87. The number of alkyl halides is 3. The molecule has 2 amide bonds. The lowest BCUT2D eigenvalue weighted by atomic mass is 10.1. The highest BCUT2D eigenvalue weighted by Crippen LogP contribution is 2.28.